The van der Waals surface area contributed by atoms with Crippen LogP contribution in [0.1, 0.15) is 64.1 Å². The van der Waals surface area contributed by atoms with Gasteiger partial charge in [-0.25, -0.2) is 4.98 Å². The molecule has 0 amide bonds. The van der Waals surface area contributed by atoms with E-state index < -0.39 is 0 Å². The Kier molecular flexibility index (Phi) is 4.99. The summed E-state index contributed by atoms with van der Waals surface area (Å²) in [6.07, 6.45) is 8.15. The number of rotatable bonds is 4. The van der Waals surface area contributed by atoms with Gasteiger partial charge in [0.05, 0.1) is 10.6 Å². The first-order chi connectivity index (χ1) is 10.2. The van der Waals surface area contributed by atoms with Gasteiger partial charge in [0.25, 0.3) is 5.56 Å². The molecule has 1 saturated carbocycles. The molecule has 1 atom stereocenters. The summed E-state index contributed by atoms with van der Waals surface area (Å²) in [5.41, 5.74) is 1.28. The highest BCUT2D eigenvalue weighted by atomic mass is 32.2. The van der Waals surface area contributed by atoms with Crippen molar-refractivity contribution < 1.29 is 0 Å². The SMILES string of the molecule is CCCSc1nc2c(c(=O)n1C1CCCCC1)SC(C)C2. The third kappa shape index (κ3) is 3.19. The second kappa shape index (κ2) is 6.78. The fraction of sp³-hybridized carbons (Fsp3) is 0.750. The molecule has 2 aliphatic rings. The molecule has 3 nitrogen and oxygen atoms in total. The Hall–Kier alpha value is -0.420. The maximum Gasteiger partial charge on any atom is 0.268 e. The molecule has 5 heteroatoms. The Labute approximate surface area is 135 Å². The van der Waals surface area contributed by atoms with Crippen molar-refractivity contribution >= 4 is 23.5 Å². The topological polar surface area (TPSA) is 34.9 Å². The Bertz CT molecular complexity index is 564. The summed E-state index contributed by atoms with van der Waals surface area (Å²) in [4.78, 5) is 18.8. The molecule has 21 heavy (non-hydrogen) atoms. The van der Waals surface area contributed by atoms with Crippen LogP contribution in [0.25, 0.3) is 0 Å². The molecule has 1 aliphatic heterocycles. The molecule has 0 N–H and O–H groups in total. The average molecular weight is 325 g/mol. The van der Waals surface area contributed by atoms with Gasteiger partial charge in [0, 0.05) is 23.5 Å². The first-order valence-electron chi connectivity index (χ1n) is 8.15. The Morgan fingerprint density at radius 1 is 1.33 bits per heavy atom. The van der Waals surface area contributed by atoms with E-state index in [-0.39, 0.29) is 5.56 Å². The lowest BCUT2D eigenvalue weighted by Crippen LogP contribution is -2.30. The van der Waals surface area contributed by atoms with Crippen molar-refractivity contribution in [1.82, 2.24) is 9.55 Å². The van der Waals surface area contributed by atoms with Crippen molar-refractivity contribution in [2.45, 2.75) is 80.1 Å². The van der Waals surface area contributed by atoms with Gasteiger partial charge in [0.15, 0.2) is 5.16 Å². The molecule has 2 heterocycles. The fourth-order valence-electron chi connectivity index (χ4n) is 3.27. The zero-order chi connectivity index (χ0) is 14.8. The maximum absolute atomic E-state index is 13.0. The van der Waals surface area contributed by atoms with E-state index in [0.29, 0.717) is 11.3 Å². The van der Waals surface area contributed by atoms with Crippen molar-refractivity contribution in [1.29, 1.82) is 0 Å². The van der Waals surface area contributed by atoms with Crippen molar-refractivity contribution in [2.75, 3.05) is 5.75 Å². The van der Waals surface area contributed by atoms with Crippen LogP contribution in [0.2, 0.25) is 0 Å². The molecule has 0 radical (unpaired) electrons. The van der Waals surface area contributed by atoms with Crippen LogP contribution in [-0.4, -0.2) is 20.6 Å². The minimum Gasteiger partial charge on any atom is -0.284 e. The molecule has 3 rings (SSSR count). The van der Waals surface area contributed by atoms with E-state index in [2.05, 4.69) is 13.8 Å². The van der Waals surface area contributed by atoms with Crippen molar-refractivity contribution in [3.63, 3.8) is 0 Å². The number of nitrogens with zero attached hydrogens (tertiary/aromatic N) is 2. The van der Waals surface area contributed by atoms with Gasteiger partial charge < -0.3 is 0 Å². The predicted octanol–water partition coefficient (Wildman–Crippen LogP) is 4.29. The third-order valence-electron chi connectivity index (χ3n) is 4.29. The molecule has 1 aromatic heterocycles. The first kappa shape index (κ1) is 15.5. The van der Waals surface area contributed by atoms with Gasteiger partial charge in [-0.1, -0.05) is 44.9 Å². The number of aromatic nitrogens is 2. The van der Waals surface area contributed by atoms with E-state index in [0.717, 1.165) is 47.2 Å². The van der Waals surface area contributed by atoms with E-state index >= 15 is 0 Å². The second-order valence-corrected chi connectivity index (χ2v) is 8.63. The molecular formula is C16H24N2OS2. The van der Waals surface area contributed by atoms with Gasteiger partial charge in [0.1, 0.15) is 0 Å². The summed E-state index contributed by atoms with van der Waals surface area (Å²) in [6.45, 7) is 4.37. The van der Waals surface area contributed by atoms with Crippen molar-refractivity contribution in [3.05, 3.63) is 16.0 Å². The van der Waals surface area contributed by atoms with Gasteiger partial charge >= 0.3 is 0 Å². The van der Waals surface area contributed by atoms with Crippen LogP contribution in [0.15, 0.2) is 14.8 Å². The van der Waals surface area contributed by atoms with E-state index in [9.17, 15) is 4.79 Å². The molecular weight excluding hydrogens is 300 g/mol. The van der Waals surface area contributed by atoms with Gasteiger partial charge in [0.2, 0.25) is 0 Å². The summed E-state index contributed by atoms with van der Waals surface area (Å²) in [6, 6.07) is 0.375. The highest BCUT2D eigenvalue weighted by Crippen LogP contribution is 2.36. The fourth-order valence-corrected chi connectivity index (χ4v) is 5.31. The molecule has 0 saturated heterocycles. The number of hydrogen-bond acceptors (Lipinski definition) is 4. The highest BCUT2D eigenvalue weighted by Gasteiger charge is 2.29. The van der Waals surface area contributed by atoms with Crippen LogP contribution in [0.4, 0.5) is 0 Å². The summed E-state index contributed by atoms with van der Waals surface area (Å²) >= 11 is 3.49. The Morgan fingerprint density at radius 3 is 2.81 bits per heavy atom. The molecule has 1 aliphatic carbocycles. The van der Waals surface area contributed by atoms with E-state index in [1.54, 1.807) is 23.5 Å². The van der Waals surface area contributed by atoms with Crippen molar-refractivity contribution in [2.24, 2.45) is 0 Å². The molecule has 0 bridgehead atoms. The molecule has 0 aromatic carbocycles. The zero-order valence-corrected chi connectivity index (χ0v) is 14.6. The maximum atomic E-state index is 13.0. The molecule has 0 spiro atoms. The zero-order valence-electron chi connectivity index (χ0n) is 12.9. The minimum atomic E-state index is 0.236. The average Bonchev–Trinajstić information content (AvgIpc) is 2.87. The lowest BCUT2D eigenvalue weighted by molar-refractivity contribution is 0.320. The number of thioether (sulfide) groups is 2. The lowest BCUT2D eigenvalue weighted by atomic mass is 9.95. The van der Waals surface area contributed by atoms with Gasteiger partial charge in [-0.15, -0.1) is 11.8 Å². The van der Waals surface area contributed by atoms with Crippen LogP contribution >= 0.6 is 23.5 Å². The van der Waals surface area contributed by atoms with Crippen LogP contribution in [-0.2, 0) is 6.42 Å². The van der Waals surface area contributed by atoms with Crippen LogP contribution in [0, 0.1) is 0 Å². The van der Waals surface area contributed by atoms with Crippen LogP contribution < -0.4 is 5.56 Å². The smallest absolute Gasteiger partial charge is 0.268 e. The van der Waals surface area contributed by atoms with E-state index in [1.807, 2.05) is 4.57 Å². The Morgan fingerprint density at radius 2 is 2.10 bits per heavy atom. The summed E-state index contributed by atoms with van der Waals surface area (Å²) in [5, 5.41) is 1.47. The summed E-state index contributed by atoms with van der Waals surface area (Å²) < 4.78 is 2.04. The normalized spacial score (nSPS) is 22.5. The third-order valence-corrected chi connectivity index (χ3v) is 6.66. The van der Waals surface area contributed by atoms with E-state index in [1.165, 1.54) is 19.3 Å². The summed E-state index contributed by atoms with van der Waals surface area (Å²) in [5.74, 6) is 1.04. The minimum absolute atomic E-state index is 0.236. The molecule has 1 unspecified atom stereocenters. The molecule has 1 aromatic rings. The molecule has 1 fully saturated rings. The van der Waals surface area contributed by atoms with Crippen LogP contribution in [0.3, 0.4) is 0 Å². The standard InChI is InChI=1S/C16H24N2OS2/c1-3-9-20-16-17-13-10-11(2)21-14(13)15(19)18(16)12-7-5-4-6-8-12/h11-12H,3-10H2,1-2H3. The van der Waals surface area contributed by atoms with Gasteiger partial charge in [-0.3, -0.25) is 9.36 Å². The molecule has 116 valence electrons. The monoisotopic (exact) mass is 324 g/mol. The predicted molar refractivity (Wildman–Crippen MR) is 90.7 cm³/mol. The Balaban J connectivity index is 2.02. The van der Waals surface area contributed by atoms with Gasteiger partial charge in [-0.2, -0.15) is 0 Å². The second-order valence-electron chi connectivity index (χ2n) is 6.12. The van der Waals surface area contributed by atoms with E-state index in [4.69, 9.17) is 4.98 Å². The highest BCUT2D eigenvalue weighted by molar-refractivity contribution is 8.00. The number of hydrogen-bond donors (Lipinski definition) is 0. The first-order valence-corrected chi connectivity index (χ1v) is 10.0. The van der Waals surface area contributed by atoms with Gasteiger partial charge in [-0.05, 0) is 19.3 Å². The van der Waals surface area contributed by atoms with Crippen molar-refractivity contribution in [3.8, 4) is 0 Å². The van der Waals surface area contributed by atoms with Crippen LogP contribution in [0.5, 0.6) is 0 Å². The number of fused-ring (bicyclic) bond motifs is 1. The lowest BCUT2D eigenvalue weighted by Gasteiger charge is -2.26. The summed E-state index contributed by atoms with van der Waals surface area (Å²) in [7, 11) is 0. The largest absolute Gasteiger partial charge is 0.284 e. The quantitative estimate of drug-likeness (QED) is 0.611.